The number of hydrogen-bond acceptors (Lipinski definition) is 5. The first-order valence-electron chi connectivity index (χ1n) is 6.19. The lowest BCUT2D eigenvalue weighted by atomic mass is 10.2. The third kappa shape index (κ3) is 3.30. The van der Waals surface area contributed by atoms with E-state index in [1.165, 1.54) is 23.6 Å². The van der Waals surface area contributed by atoms with Gasteiger partial charge in [-0.1, -0.05) is 0 Å². The van der Waals surface area contributed by atoms with Crippen molar-refractivity contribution in [2.24, 2.45) is 0 Å². The Morgan fingerprint density at radius 3 is 2.95 bits per heavy atom. The fourth-order valence-corrected chi connectivity index (χ4v) is 2.36. The summed E-state index contributed by atoms with van der Waals surface area (Å²) in [4.78, 5) is 20.1. The summed E-state index contributed by atoms with van der Waals surface area (Å²) in [5.41, 5.74) is 0.882. The molecule has 0 aliphatic carbocycles. The molecular weight excluding hydrogens is 279 g/mol. The molecule has 0 spiro atoms. The van der Waals surface area contributed by atoms with Crippen molar-refractivity contribution in [2.45, 2.75) is 20.4 Å². The summed E-state index contributed by atoms with van der Waals surface area (Å²) in [6.45, 7) is 4.54. The molecule has 0 aromatic carbocycles. The number of anilines is 1. The zero-order chi connectivity index (χ0) is 14.5. The minimum absolute atomic E-state index is 0.0239. The quantitative estimate of drug-likeness (QED) is 0.888. The summed E-state index contributed by atoms with van der Waals surface area (Å²) in [6, 6.07) is 1.36. The van der Waals surface area contributed by atoms with Gasteiger partial charge in [0.25, 0.3) is 5.91 Å². The van der Waals surface area contributed by atoms with Gasteiger partial charge in [0.1, 0.15) is 5.01 Å². The normalized spacial score (nSPS) is 10.3. The van der Waals surface area contributed by atoms with Crippen molar-refractivity contribution in [1.29, 1.82) is 0 Å². The largest absolute Gasteiger partial charge is 0.368 e. The molecule has 2 heterocycles. The van der Waals surface area contributed by atoms with Crippen LogP contribution in [-0.2, 0) is 6.54 Å². The Bertz CT molecular complexity index is 614. The maximum Gasteiger partial charge on any atom is 0.254 e. The standard InChI is InChI=1S/C13H15FN4OS/c1-3-15-12-11(14)9(4-5-16-12)13(19)17-6-10-18-8(2)7-20-10/h4-5,7H,3,6H2,1-2H3,(H,15,16)(H,17,19). The molecule has 2 N–H and O–H groups in total. The number of rotatable bonds is 5. The van der Waals surface area contributed by atoms with Gasteiger partial charge in [-0.3, -0.25) is 4.79 Å². The van der Waals surface area contributed by atoms with Gasteiger partial charge in [0.15, 0.2) is 11.6 Å². The molecule has 0 saturated heterocycles. The number of carbonyl (C=O) groups is 1. The molecule has 20 heavy (non-hydrogen) atoms. The van der Waals surface area contributed by atoms with E-state index in [2.05, 4.69) is 20.6 Å². The molecule has 0 bridgehead atoms. The number of halogens is 1. The van der Waals surface area contributed by atoms with Crippen LogP contribution in [0.4, 0.5) is 10.2 Å². The van der Waals surface area contributed by atoms with Crippen LogP contribution in [0.1, 0.15) is 28.0 Å². The molecular formula is C13H15FN4OS. The van der Waals surface area contributed by atoms with E-state index < -0.39 is 11.7 Å². The minimum atomic E-state index is -0.637. The summed E-state index contributed by atoms with van der Waals surface area (Å²) >= 11 is 1.46. The highest BCUT2D eigenvalue weighted by Crippen LogP contribution is 2.15. The van der Waals surface area contributed by atoms with E-state index in [1.54, 1.807) is 0 Å². The van der Waals surface area contributed by atoms with E-state index in [4.69, 9.17) is 0 Å². The third-order valence-corrected chi connectivity index (χ3v) is 3.51. The Balaban J connectivity index is 2.07. The van der Waals surface area contributed by atoms with E-state index in [9.17, 15) is 9.18 Å². The average molecular weight is 294 g/mol. The Kier molecular flexibility index (Phi) is 4.62. The SMILES string of the molecule is CCNc1nccc(C(=O)NCc2nc(C)cs2)c1F. The molecule has 0 radical (unpaired) electrons. The smallest absolute Gasteiger partial charge is 0.254 e. The number of pyridine rings is 1. The number of hydrogen-bond donors (Lipinski definition) is 2. The second kappa shape index (κ2) is 6.42. The molecule has 7 heteroatoms. The number of nitrogens with one attached hydrogen (secondary N) is 2. The summed E-state index contributed by atoms with van der Waals surface area (Å²) in [5, 5.41) is 8.11. The molecule has 5 nitrogen and oxygen atoms in total. The fourth-order valence-electron chi connectivity index (χ4n) is 1.64. The lowest BCUT2D eigenvalue weighted by Gasteiger charge is -2.08. The number of carbonyl (C=O) groups excluding carboxylic acids is 1. The van der Waals surface area contributed by atoms with E-state index in [0.717, 1.165) is 10.7 Å². The maximum absolute atomic E-state index is 14.0. The predicted molar refractivity (Wildman–Crippen MR) is 76.4 cm³/mol. The first-order chi connectivity index (χ1) is 9.61. The highest BCUT2D eigenvalue weighted by atomic mass is 32.1. The summed E-state index contributed by atoms with van der Waals surface area (Å²) in [5.74, 6) is -1.02. The molecule has 0 unspecified atom stereocenters. The maximum atomic E-state index is 14.0. The summed E-state index contributed by atoms with van der Waals surface area (Å²) in [7, 11) is 0. The van der Waals surface area contributed by atoms with Crippen LogP contribution < -0.4 is 10.6 Å². The molecule has 2 aromatic rings. The zero-order valence-electron chi connectivity index (χ0n) is 11.2. The number of amides is 1. The van der Waals surface area contributed by atoms with E-state index >= 15 is 0 Å². The van der Waals surface area contributed by atoms with Crippen molar-refractivity contribution in [3.05, 3.63) is 39.7 Å². The lowest BCUT2D eigenvalue weighted by molar-refractivity contribution is 0.0946. The van der Waals surface area contributed by atoms with Gasteiger partial charge in [0, 0.05) is 23.8 Å². The number of nitrogens with zero attached hydrogens (tertiary/aromatic N) is 2. The van der Waals surface area contributed by atoms with Crippen LogP contribution in [0.25, 0.3) is 0 Å². The number of aryl methyl sites for hydroxylation is 1. The van der Waals surface area contributed by atoms with Crippen molar-refractivity contribution >= 4 is 23.1 Å². The topological polar surface area (TPSA) is 66.9 Å². The Morgan fingerprint density at radius 2 is 2.30 bits per heavy atom. The average Bonchev–Trinajstić information content (AvgIpc) is 2.84. The Hall–Kier alpha value is -2.02. The molecule has 106 valence electrons. The second-order valence-corrected chi connectivity index (χ2v) is 5.06. The Labute approximate surface area is 120 Å². The number of aromatic nitrogens is 2. The van der Waals surface area contributed by atoms with Crippen LogP contribution in [0.2, 0.25) is 0 Å². The van der Waals surface area contributed by atoms with Crippen LogP contribution in [-0.4, -0.2) is 22.4 Å². The van der Waals surface area contributed by atoms with E-state index in [0.29, 0.717) is 6.54 Å². The summed E-state index contributed by atoms with van der Waals surface area (Å²) in [6.07, 6.45) is 1.41. The van der Waals surface area contributed by atoms with Crippen LogP contribution in [0, 0.1) is 12.7 Å². The first-order valence-corrected chi connectivity index (χ1v) is 7.07. The van der Waals surface area contributed by atoms with Crippen LogP contribution in [0.3, 0.4) is 0 Å². The molecule has 0 fully saturated rings. The minimum Gasteiger partial charge on any atom is -0.368 e. The molecule has 1 amide bonds. The van der Waals surface area contributed by atoms with Gasteiger partial charge in [-0.2, -0.15) is 0 Å². The predicted octanol–water partition coefficient (Wildman–Crippen LogP) is 2.35. The monoisotopic (exact) mass is 294 g/mol. The highest BCUT2D eigenvalue weighted by Gasteiger charge is 2.15. The lowest BCUT2D eigenvalue weighted by Crippen LogP contribution is -2.24. The second-order valence-electron chi connectivity index (χ2n) is 4.12. The van der Waals surface area contributed by atoms with Crippen molar-refractivity contribution < 1.29 is 9.18 Å². The van der Waals surface area contributed by atoms with Crippen molar-refractivity contribution in [3.63, 3.8) is 0 Å². The van der Waals surface area contributed by atoms with Gasteiger partial charge < -0.3 is 10.6 Å². The van der Waals surface area contributed by atoms with E-state index in [-0.39, 0.29) is 17.9 Å². The fraction of sp³-hybridized carbons (Fsp3) is 0.308. The van der Waals surface area contributed by atoms with Crippen molar-refractivity contribution in [1.82, 2.24) is 15.3 Å². The van der Waals surface area contributed by atoms with Gasteiger partial charge in [-0.15, -0.1) is 11.3 Å². The molecule has 2 aromatic heterocycles. The first kappa shape index (κ1) is 14.4. The molecule has 0 saturated carbocycles. The van der Waals surface area contributed by atoms with Crippen molar-refractivity contribution in [2.75, 3.05) is 11.9 Å². The third-order valence-electron chi connectivity index (χ3n) is 2.54. The van der Waals surface area contributed by atoms with Crippen LogP contribution >= 0.6 is 11.3 Å². The van der Waals surface area contributed by atoms with Gasteiger partial charge in [0.05, 0.1) is 12.1 Å². The summed E-state index contributed by atoms with van der Waals surface area (Å²) < 4.78 is 14.0. The zero-order valence-corrected chi connectivity index (χ0v) is 12.1. The highest BCUT2D eigenvalue weighted by molar-refractivity contribution is 7.09. The van der Waals surface area contributed by atoms with Gasteiger partial charge in [0.2, 0.25) is 0 Å². The van der Waals surface area contributed by atoms with Gasteiger partial charge in [-0.25, -0.2) is 14.4 Å². The van der Waals surface area contributed by atoms with Crippen molar-refractivity contribution in [3.8, 4) is 0 Å². The van der Waals surface area contributed by atoms with Crippen LogP contribution in [0.5, 0.6) is 0 Å². The molecule has 2 rings (SSSR count). The molecule has 0 aliphatic rings. The van der Waals surface area contributed by atoms with Gasteiger partial charge >= 0.3 is 0 Å². The Morgan fingerprint density at radius 1 is 1.50 bits per heavy atom. The van der Waals surface area contributed by atoms with Crippen LogP contribution in [0.15, 0.2) is 17.6 Å². The molecule has 0 atom stereocenters. The van der Waals surface area contributed by atoms with E-state index in [1.807, 2.05) is 19.2 Å². The molecule has 0 aliphatic heterocycles. The number of thiazole rings is 1. The van der Waals surface area contributed by atoms with Gasteiger partial charge in [-0.05, 0) is 19.9 Å².